The van der Waals surface area contributed by atoms with Crippen molar-refractivity contribution in [2.45, 2.75) is 39.3 Å². The highest BCUT2D eigenvalue weighted by atomic mass is 35.5. The molecule has 0 aromatic heterocycles. The van der Waals surface area contributed by atoms with Gasteiger partial charge in [0.05, 0.1) is 12.1 Å². The Morgan fingerprint density at radius 3 is 2.65 bits per heavy atom. The molecule has 0 aliphatic carbocycles. The minimum absolute atomic E-state index is 0.122. The van der Waals surface area contributed by atoms with Crippen LogP contribution in [-0.2, 0) is 0 Å². The second-order valence-electron chi connectivity index (χ2n) is 5.28. The third-order valence-electron chi connectivity index (χ3n) is 3.19. The number of nitrogens with one attached hydrogen (secondary N) is 2. The molecule has 0 bridgehead atoms. The predicted octanol–water partition coefficient (Wildman–Crippen LogP) is 3.11. The lowest BCUT2D eigenvalue weighted by Gasteiger charge is -2.17. The molecule has 1 rings (SSSR count). The van der Waals surface area contributed by atoms with Crippen LogP contribution in [0.4, 0.5) is 4.79 Å². The van der Waals surface area contributed by atoms with Gasteiger partial charge in [0, 0.05) is 11.6 Å². The summed E-state index contributed by atoms with van der Waals surface area (Å²) < 4.78 is 0. The third kappa shape index (κ3) is 5.80. The molecule has 5 heteroatoms. The van der Waals surface area contributed by atoms with Gasteiger partial charge < -0.3 is 15.7 Å². The summed E-state index contributed by atoms with van der Waals surface area (Å²) in [6.45, 7) is 6.25. The van der Waals surface area contributed by atoms with Gasteiger partial charge in [-0.25, -0.2) is 4.79 Å². The molecular formula is C15H23ClN2O2. The topological polar surface area (TPSA) is 61.4 Å². The number of amides is 2. The number of urea groups is 1. The van der Waals surface area contributed by atoms with Gasteiger partial charge in [-0.3, -0.25) is 0 Å². The number of carbonyl (C=O) groups excluding carboxylic acids is 1. The molecule has 20 heavy (non-hydrogen) atoms. The maximum atomic E-state index is 11.7. The van der Waals surface area contributed by atoms with Gasteiger partial charge in [0.1, 0.15) is 0 Å². The SMILES string of the molecule is CC(NC(=O)NCCC(O)C(C)C)c1cccc(Cl)c1. The molecule has 2 atom stereocenters. The summed E-state index contributed by atoms with van der Waals surface area (Å²) in [5, 5.41) is 15.9. The smallest absolute Gasteiger partial charge is 0.315 e. The fraction of sp³-hybridized carbons (Fsp3) is 0.533. The standard InChI is InChI=1S/C15H23ClN2O2/c1-10(2)14(19)7-8-17-15(20)18-11(3)12-5-4-6-13(16)9-12/h4-6,9-11,14,19H,7-8H2,1-3H3,(H2,17,18,20). The van der Waals surface area contributed by atoms with Crippen molar-refractivity contribution in [2.24, 2.45) is 5.92 Å². The molecule has 0 spiro atoms. The average Bonchev–Trinajstić information content (AvgIpc) is 2.38. The highest BCUT2D eigenvalue weighted by Crippen LogP contribution is 2.17. The van der Waals surface area contributed by atoms with Crippen LogP contribution in [0.25, 0.3) is 0 Å². The minimum Gasteiger partial charge on any atom is -0.393 e. The van der Waals surface area contributed by atoms with Crippen molar-refractivity contribution in [1.29, 1.82) is 0 Å². The Morgan fingerprint density at radius 2 is 2.05 bits per heavy atom. The van der Waals surface area contributed by atoms with Gasteiger partial charge in [-0.1, -0.05) is 37.6 Å². The van der Waals surface area contributed by atoms with Gasteiger partial charge in [0.2, 0.25) is 0 Å². The van der Waals surface area contributed by atoms with E-state index in [9.17, 15) is 9.90 Å². The lowest BCUT2D eigenvalue weighted by Crippen LogP contribution is -2.38. The molecule has 0 radical (unpaired) electrons. The first kappa shape index (κ1) is 16.8. The summed E-state index contributed by atoms with van der Waals surface area (Å²) in [5.41, 5.74) is 0.954. The fourth-order valence-corrected chi connectivity index (χ4v) is 1.97. The molecule has 0 fully saturated rings. The van der Waals surface area contributed by atoms with E-state index in [4.69, 9.17) is 11.6 Å². The molecule has 4 nitrogen and oxygen atoms in total. The van der Waals surface area contributed by atoms with Crippen LogP contribution in [0.1, 0.15) is 38.8 Å². The number of aliphatic hydroxyl groups excluding tert-OH is 1. The van der Waals surface area contributed by atoms with E-state index in [-0.39, 0.29) is 24.1 Å². The summed E-state index contributed by atoms with van der Waals surface area (Å²) in [5.74, 6) is 0.199. The van der Waals surface area contributed by atoms with Crippen LogP contribution in [-0.4, -0.2) is 23.8 Å². The van der Waals surface area contributed by atoms with Crippen LogP contribution >= 0.6 is 11.6 Å². The Balaban J connectivity index is 2.35. The van der Waals surface area contributed by atoms with Crippen LogP contribution in [0.3, 0.4) is 0 Å². The van der Waals surface area contributed by atoms with E-state index in [2.05, 4.69) is 10.6 Å². The van der Waals surface area contributed by atoms with Gasteiger partial charge in [0.15, 0.2) is 0 Å². The number of aliphatic hydroxyl groups is 1. The molecule has 1 aromatic carbocycles. The van der Waals surface area contributed by atoms with Crippen molar-refractivity contribution in [3.05, 3.63) is 34.9 Å². The highest BCUT2D eigenvalue weighted by molar-refractivity contribution is 6.30. The summed E-state index contributed by atoms with van der Waals surface area (Å²) in [6, 6.07) is 7.03. The van der Waals surface area contributed by atoms with E-state index in [1.807, 2.05) is 39.0 Å². The molecule has 3 N–H and O–H groups in total. The highest BCUT2D eigenvalue weighted by Gasteiger charge is 2.11. The lowest BCUT2D eigenvalue weighted by molar-refractivity contribution is 0.116. The first-order valence-electron chi connectivity index (χ1n) is 6.88. The minimum atomic E-state index is -0.388. The van der Waals surface area contributed by atoms with E-state index in [0.29, 0.717) is 18.0 Å². The summed E-state index contributed by atoms with van der Waals surface area (Å²) in [7, 11) is 0. The fourth-order valence-electron chi connectivity index (χ4n) is 1.77. The predicted molar refractivity (Wildman–Crippen MR) is 81.9 cm³/mol. The molecule has 1 aromatic rings. The zero-order valence-corrected chi connectivity index (χ0v) is 12.9. The van der Waals surface area contributed by atoms with Gasteiger partial charge >= 0.3 is 6.03 Å². The van der Waals surface area contributed by atoms with Crippen LogP contribution < -0.4 is 10.6 Å². The Hall–Kier alpha value is -1.26. The maximum Gasteiger partial charge on any atom is 0.315 e. The molecule has 2 unspecified atom stereocenters. The summed E-state index contributed by atoms with van der Waals surface area (Å²) in [4.78, 5) is 11.7. The zero-order valence-electron chi connectivity index (χ0n) is 12.2. The molecule has 0 saturated heterocycles. The zero-order chi connectivity index (χ0) is 15.1. The molecule has 0 aliphatic heterocycles. The van der Waals surface area contributed by atoms with Crippen molar-refractivity contribution in [3.8, 4) is 0 Å². The monoisotopic (exact) mass is 298 g/mol. The van der Waals surface area contributed by atoms with Crippen LogP contribution in [0, 0.1) is 5.92 Å². The van der Waals surface area contributed by atoms with Crippen LogP contribution in [0.15, 0.2) is 24.3 Å². The number of hydrogen-bond donors (Lipinski definition) is 3. The van der Waals surface area contributed by atoms with E-state index in [0.717, 1.165) is 5.56 Å². The number of halogens is 1. The second kappa shape index (κ2) is 8.12. The van der Waals surface area contributed by atoms with Crippen molar-refractivity contribution in [2.75, 3.05) is 6.54 Å². The van der Waals surface area contributed by atoms with E-state index in [1.54, 1.807) is 6.07 Å². The molecular weight excluding hydrogens is 276 g/mol. The van der Waals surface area contributed by atoms with Gasteiger partial charge in [0.25, 0.3) is 0 Å². The number of benzene rings is 1. The second-order valence-corrected chi connectivity index (χ2v) is 5.71. The van der Waals surface area contributed by atoms with Gasteiger partial charge in [-0.05, 0) is 37.0 Å². The number of hydrogen-bond acceptors (Lipinski definition) is 2. The average molecular weight is 299 g/mol. The van der Waals surface area contributed by atoms with Crippen LogP contribution in [0.5, 0.6) is 0 Å². The Bertz CT molecular complexity index is 438. The van der Waals surface area contributed by atoms with Crippen LogP contribution in [0.2, 0.25) is 5.02 Å². The maximum absolute atomic E-state index is 11.7. The Morgan fingerprint density at radius 1 is 1.35 bits per heavy atom. The first-order chi connectivity index (χ1) is 9.40. The number of carbonyl (C=O) groups is 1. The molecule has 0 saturated carbocycles. The Labute approximate surface area is 125 Å². The summed E-state index contributed by atoms with van der Waals surface area (Å²) in [6.07, 6.45) is 0.164. The van der Waals surface area contributed by atoms with Crippen molar-refractivity contribution in [3.63, 3.8) is 0 Å². The Kier molecular flexibility index (Phi) is 6.82. The number of rotatable bonds is 6. The molecule has 2 amide bonds. The van der Waals surface area contributed by atoms with Crippen molar-refractivity contribution < 1.29 is 9.90 Å². The van der Waals surface area contributed by atoms with Gasteiger partial charge in [-0.2, -0.15) is 0 Å². The lowest BCUT2D eigenvalue weighted by atomic mass is 10.0. The quantitative estimate of drug-likeness (QED) is 0.756. The van der Waals surface area contributed by atoms with E-state index >= 15 is 0 Å². The van der Waals surface area contributed by atoms with E-state index < -0.39 is 0 Å². The largest absolute Gasteiger partial charge is 0.393 e. The third-order valence-corrected chi connectivity index (χ3v) is 3.43. The van der Waals surface area contributed by atoms with Gasteiger partial charge in [-0.15, -0.1) is 0 Å². The normalized spacial score (nSPS) is 13.9. The van der Waals surface area contributed by atoms with Crippen molar-refractivity contribution >= 4 is 17.6 Å². The molecule has 0 aliphatic rings. The molecule has 0 heterocycles. The summed E-state index contributed by atoms with van der Waals surface area (Å²) >= 11 is 5.92. The first-order valence-corrected chi connectivity index (χ1v) is 7.26. The van der Waals surface area contributed by atoms with E-state index in [1.165, 1.54) is 0 Å². The van der Waals surface area contributed by atoms with Crippen molar-refractivity contribution in [1.82, 2.24) is 10.6 Å². The molecule has 112 valence electrons.